The molecule has 0 radical (unpaired) electrons. The Morgan fingerprint density at radius 2 is 1.87 bits per heavy atom. The first kappa shape index (κ1) is 14.1. The molecule has 88 valence electrons. The Balaban J connectivity index is 4.30. The van der Waals surface area contributed by atoms with Crippen LogP contribution in [0, 0.1) is 11.3 Å². The lowest BCUT2D eigenvalue weighted by atomic mass is 9.97. The van der Waals surface area contributed by atoms with Gasteiger partial charge in [-0.2, -0.15) is 0 Å². The number of nitrogens with one attached hydrogen (secondary N) is 2. The van der Waals surface area contributed by atoms with Gasteiger partial charge in [0.2, 0.25) is 0 Å². The highest BCUT2D eigenvalue weighted by Crippen LogP contribution is 2.07. The van der Waals surface area contributed by atoms with Crippen LogP contribution in [0.3, 0.4) is 0 Å². The van der Waals surface area contributed by atoms with Gasteiger partial charge < -0.3 is 11.1 Å². The number of carbonyl (C=O) groups excluding carboxylic acids is 1. The lowest BCUT2D eigenvalue weighted by Gasteiger charge is -2.21. The minimum atomic E-state index is -0.172. The van der Waals surface area contributed by atoms with Crippen molar-refractivity contribution >= 4 is 11.6 Å². The minimum absolute atomic E-state index is 0.0215. The summed E-state index contributed by atoms with van der Waals surface area (Å²) in [5.74, 6) is 0.361. The summed E-state index contributed by atoms with van der Waals surface area (Å²) in [5, 5.41) is 10.4. The van der Waals surface area contributed by atoms with E-state index in [9.17, 15) is 4.79 Å². The molecule has 4 N–H and O–H groups in total. The van der Waals surface area contributed by atoms with Crippen LogP contribution in [0.1, 0.15) is 40.5 Å². The third-order valence-electron chi connectivity index (χ3n) is 2.15. The molecule has 0 aliphatic carbocycles. The van der Waals surface area contributed by atoms with Gasteiger partial charge in [-0.1, -0.05) is 27.7 Å². The fourth-order valence-corrected chi connectivity index (χ4v) is 1.41. The summed E-state index contributed by atoms with van der Waals surface area (Å²) in [6.07, 6.45) is 1.09. The monoisotopic (exact) mass is 213 g/mol. The van der Waals surface area contributed by atoms with E-state index in [1.165, 1.54) is 0 Å². The van der Waals surface area contributed by atoms with Gasteiger partial charge >= 0.3 is 0 Å². The van der Waals surface area contributed by atoms with Crippen molar-refractivity contribution < 1.29 is 4.79 Å². The summed E-state index contributed by atoms with van der Waals surface area (Å²) in [7, 11) is 0. The van der Waals surface area contributed by atoms with Gasteiger partial charge in [0.1, 0.15) is 0 Å². The van der Waals surface area contributed by atoms with Crippen LogP contribution in [0.25, 0.3) is 0 Å². The van der Waals surface area contributed by atoms with Crippen molar-refractivity contribution in [2.75, 3.05) is 0 Å². The second-order valence-corrected chi connectivity index (χ2v) is 4.49. The van der Waals surface area contributed by atoms with Crippen molar-refractivity contribution in [2.45, 2.75) is 52.6 Å². The molecule has 1 atom stereocenters. The molecule has 0 saturated heterocycles. The highest BCUT2D eigenvalue weighted by Gasteiger charge is 2.21. The van der Waals surface area contributed by atoms with E-state index in [-0.39, 0.29) is 29.6 Å². The molecule has 0 spiro atoms. The predicted molar refractivity (Wildman–Crippen MR) is 63.1 cm³/mol. The molecule has 0 saturated carbocycles. The predicted octanol–water partition coefficient (Wildman–Crippen LogP) is 1.29. The molecule has 0 aliphatic rings. The van der Waals surface area contributed by atoms with Crippen molar-refractivity contribution in [1.82, 2.24) is 5.32 Å². The zero-order valence-corrected chi connectivity index (χ0v) is 10.1. The molecule has 0 rings (SSSR count). The molecule has 4 heteroatoms. The molecule has 0 aliphatic heterocycles. The largest absolute Gasteiger partial charge is 0.388 e. The van der Waals surface area contributed by atoms with Crippen molar-refractivity contribution in [3.05, 3.63) is 0 Å². The zero-order valence-electron chi connectivity index (χ0n) is 10.1. The van der Waals surface area contributed by atoms with Crippen LogP contribution in [0.2, 0.25) is 0 Å². The van der Waals surface area contributed by atoms with E-state index >= 15 is 0 Å². The topological polar surface area (TPSA) is 79.0 Å². The van der Waals surface area contributed by atoms with Gasteiger partial charge in [-0.05, 0) is 6.42 Å². The zero-order chi connectivity index (χ0) is 12.0. The number of carbonyl (C=O) groups is 1. The summed E-state index contributed by atoms with van der Waals surface area (Å²) < 4.78 is 0. The van der Waals surface area contributed by atoms with Crippen molar-refractivity contribution in [3.63, 3.8) is 0 Å². The van der Waals surface area contributed by atoms with E-state index < -0.39 is 0 Å². The second kappa shape index (κ2) is 6.56. The Morgan fingerprint density at radius 1 is 1.33 bits per heavy atom. The first-order valence-electron chi connectivity index (χ1n) is 5.47. The minimum Gasteiger partial charge on any atom is -0.388 e. The van der Waals surface area contributed by atoms with Crippen LogP contribution >= 0.6 is 0 Å². The van der Waals surface area contributed by atoms with Gasteiger partial charge in [-0.3, -0.25) is 10.2 Å². The lowest BCUT2D eigenvalue weighted by Crippen LogP contribution is -2.43. The van der Waals surface area contributed by atoms with Crippen LogP contribution in [-0.2, 0) is 4.79 Å². The molecule has 0 aromatic carbocycles. The molecule has 4 nitrogen and oxygen atoms in total. The van der Waals surface area contributed by atoms with E-state index in [4.69, 9.17) is 11.1 Å². The maximum Gasteiger partial charge on any atom is 0.152 e. The molecule has 0 amide bonds. The summed E-state index contributed by atoms with van der Waals surface area (Å²) in [5.41, 5.74) is 5.29. The van der Waals surface area contributed by atoms with Crippen molar-refractivity contribution in [3.8, 4) is 0 Å². The van der Waals surface area contributed by atoms with Crippen LogP contribution in [0.4, 0.5) is 0 Å². The maximum atomic E-state index is 11.8. The number of rotatable bonds is 7. The molecule has 15 heavy (non-hydrogen) atoms. The van der Waals surface area contributed by atoms with Gasteiger partial charge in [0.25, 0.3) is 0 Å². The summed E-state index contributed by atoms with van der Waals surface area (Å²) in [6, 6.07) is 0.0959. The average Bonchev–Trinajstić information content (AvgIpc) is 2.10. The molecular weight excluding hydrogens is 190 g/mol. The summed E-state index contributed by atoms with van der Waals surface area (Å²) >= 11 is 0. The molecule has 0 heterocycles. The van der Waals surface area contributed by atoms with Crippen molar-refractivity contribution in [2.24, 2.45) is 11.7 Å². The Bertz CT molecular complexity index is 224. The molecule has 0 aromatic heterocycles. The van der Waals surface area contributed by atoms with Crippen molar-refractivity contribution in [1.29, 1.82) is 5.41 Å². The van der Waals surface area contributed by atoms with E-state index in [0.717, 1.165) is 0 Å². The van der Waals surface area contributed by atoms with E-state index in [1.54, 1.807) is 0 Å². The maximum absolute atomic E-state index is 11.8. The third-order valence-corrected chi connectivity index (χ3v) is 2.15. The SMILES string of the molecule is CC(C)NC(CCC(=N)N)C(=O)C(C)C. The number of amidine groups is 1. The number of Topliss-reactive ketones (excluding diaryl/α,β-unsaturated/α-hetero) is 1. The number of hydrogen-bond donors (Lipinski definition) is 3. The highest BCUT2D eigenvalue weighted by molar-refractivity contribution is 5.86. The molecule has 1 unspecified atom stereocenters. The fourth-order valence-electron chi connectivity index (χ4n) is 1.41. The lowest BCUT2D eigenvalue weighted by molar-refractivity contribution is -0.124. The second-order valence-electron chi connectivity index (χ2n) is 4.49. The van der Waals surface area contributed by atoms with Crippen LogP contribution < -0.4 is 11.1 Å². The first-order valence-corrected chi connectivity index (χ1v) is 5.47. The van der Waals surface area contributed by atoms with Gasteiger partial charge in [0, 0.05) is 18.4 Å². The highest BCUT2D eigenvalue weighted by atomic mass is 16.1. The van der Waals surface area contributed by atoms with E-state index in [1.807, 2.05) is 27.7 Å². The smallest absolute Gasteiger partial charge is 0.152 e. The van der Waals surface area contributed by atoms with Gasteiger partial charge in [-0.25, -0.2) is 0 Å². The fraction of sp³-hybridized carbons (Fsp3) is 0.818. The van der Waals surface area contributed by atoms with Gasteiger partial charge in [0.15, 0.2) is 5.78 Å². The van der Waals surface area contributed by atoms with Crippen LogP contribution in [-0.4, -0.2) is 23.7 Å². The molecule has 0 fully saturated rings. The summed E-state index contributed by atoms with van der Waals surface area (Å²) in [4.78, 5) is 11.8. The molecule has 0 aromatic rings. The standard InChI is InChI=1S/C11H23N3O/c1-7(2)11(15)9(14-8(3)4)5-6-10(12)13/h7-9,14H,5-6H2,1-4H3,(H3,12,13). The van der Waals surface area contributed by atoms with E-state index in [0.29, 0.717) is 12.8 Å². The Hall–Kier alpha value is -0.900. The van der Waals surface area contributed by atoms with Crippen LogP contribution in [0.5, 0.6) is 0 Å². The first-order chi connectivity index (χ1) is 6.84. The normalized spacial score (nSPS) is 13.2. The molecular formula is C11H23N3O. The Labute approximate surface area is 92.1 Å². The van der Waals surface area contributed by atoms with E-state index in [2.05, 4.69) is 5.32 Å². The Morgan fingerprint density at radius 3 is 2.20 bits per heavy atom. The number of ketones is 1. The third kappa shape index (κ3) is 6.23. The quantitative estimate of drug-likeness (QED) is 0.440. The Kier molecular flexibility index (Phi) is 6.17. The van der Waals surface area contributed by atoms with Gasteiger partial charge in [-0.15, -0.1) is 0 Å². The van der Waals surface area contributed by atoms with Crippen LogP contribution in [0.15, 0.2) is 0 Å². The number of hydrogen-bond acceptors (Lipinski definition) is 3. The summed E-state index contributed by atoms with van der Waals surface area (Å²) in [6.45, 7) is 7.80. The molecule has 0 bridgehead atoms. The average molecular weight is 213 g/mol. The number of nitrogens with two attached hydrogens (primary N) is 1. The van der Waals surface area contributed by atoms with Gasteiger partial charge in [0.05, 0.1) is 11.9 Å².